The summed E-state index contributed by atoms with van der Waals surface area (Å²) in [5.74, 6) is -0.853. The third-order valence-corrected chi connectivity index (χ3v) is 4.67. The number of rotatable bonds is 5. The minimum atomic E-state index is -0.853. The summed E-state index contributed by atoms with van der Waals surface area (Å²) >= 11 is 0. The first kappa shape index (κ1) is 16.0. The molecule has 0 fully saturated rings. The van der Waals surface area contributed by atoms with Gasteiger partial charge in [-0.05, 0) is 44.0 Å². The van der Waals surface area contributed by atoms with Gasteiger partial charge in [0.05, 0.1) is 18.3 Å². The van der Waals surface area contributed by atoms with Crippen LogP contribution in [0.1, 0.15) is 41.0 Å². The van der Waals surface area contributed by atoms with E-state index in [0.717, 1.165) is 42.8 Å². The third kappa shape index (κ3) is 2.86. The molecule has 0 amide bonds. The SMILES string of the molecule is Cc1c(C(=O)O)c2cc3c(cc2n1C)CN(CCOC(C)C)C3. The van der Waals surface area contributed by atoms with Crippen molar-refractivity contribution in [2.24, 2.45) is 7.05 Å². The van der Waals surface area contributed by atoms with Gasteiger partial charge in [0.15, 0.2) is 0 Å². The first-order valence-electron chi connectivity index (χ1n) is 8.06. The van der Waals surface area contributed by atoms with Gasteiger partial charge in [-0.1, -0.05) is 0 Å². The molecule has 0 unspecified atom stereocenters. The van der Waals surface area contributed by atoms with E-state index in [9.17, 15) is 9.90 Å². The van der Waals surface area contributed by atoms with E-state index in [1.54, 1.807) is 0 Å². The number of carboxylic acids is 1. The van der Waals surface area contributed by atoms with E-state index in [4.69, 9.17) is 4.74 Å². The summed E-state index contributed by atoms with van der Waals surface area (Å²) in [5.41, 5.74) is 4.75. The summed E-state index contributed by atoms with van der Waals surface area (Å²) in [6.45, 7) is 9.34. The highest BCUT2D eigenvalue weighted by Crippen LogP contribution is 2.32. The van der Waals surface area contributed by atoms with Crippen LogP contribution in [-0.2, 0) is 24.9 Å². The largest absolute Gasteiger partial charge is 0.478 e. The Bertz CT molecular complexity index is 761. The van der Waals surface area contributed by atoms with Gasteiger partial charge in [-0.25, -0.2) is 4.79 Å². The van der Waals surface area contributed by atoms with Gasteiger partial charge in [0, 0.05) is 43.3 Å². The average molecular weight is 316 g/mol. The molecule has 1 N–H and O–H groups in total. The molecule has 2 heterocycles. The maximum absolute atomic E-state index is 11.6. The molecule has 0 saturated carbocycles. The lowest BCUT2D eigenvalue weighted by atomic mass is 10.0. The van der Waals surface area contributed by atoms with Crippen molar-refractivity contribution in [3.05, 3.63) is 34.5 Å². The molecule has 0 atom stereocenters. The monoisotopic (exact) mass is 316 g/mol. The van der Waals surface area contributed by atoms with E-state index in [0.29, 0.717) is 5.56 Å². The summed E-state index contributed by atoms with van der Waals surface area (Å²) in [6.07, 6.45) is 0.253. The average Bonchev–Trinajstić information content (AvgIpc) is 2.96. The lowest BCUT2D eigenvalue weighted by Crippen LogP contribution is -2.23. The van der Waals surface area contributed by atoms with E-state index >= 15 is 0 Å². The summed E-state index contributed by atoms with van der Waals surface area (Å²) in [5, 5.41) is 10.3. The number of aromatic nitrogens is 1. The van der Waals surface area contributed by atoms with Gasteiger partial charge >= 0.3 is 5.97 Å². The fourth-order valence-corrected chi connectivity index (χ4v) is 3.38. The van der Waals surface area contributed by atoms with Crippen LogP contribution < -0.4 is 0 Å². The second kappa shape index (κ2) is 5.98. The third-order valence-electron chi connectivity index (χ3n) is 4.67. The van der Waals surface area contributed by atoms with Gasteiger partial charge in [0.1, 0.15) is 0 Å². The van der Waals surface area contributed by atoms with Crippen molar-refractivity contribution >= 4 is 16.9 Å². The number of benzene rings is 1. The highest BCUT2D eigenvalue weighted by Gasteiger charge is 2.24. The van der Waals surface area contributed by atoms with E-state index in [1.807, 2.05) is 32.4 Å². The molecule has 1 aromatic heterocycles. The Morgan fingerprint density at radius 1 is 1.30 bits per heavy atom. The first-order chi connectivity index (χ1) is 10.9. The summed E-state index contributed by atoms with van der Waals surface area (Å²) in [6, 6.07) is 4.21. The van der Waals surface area contributed by atoms with Gasteiger partial charge in [-0.2, -0.15) is 0 Å². The van der Waals surface area contributed by atoms with E-state index in [2.05, 4.69) is 17.0 Å². The van der Waals surface area contributed by atoms with Gasteiger partial charge in [0.25, 0.3) is 0 Å². The lowest BCUT2D eigenvalue weighted by Gasteiger charge is -2.15. The number of aromatic carboxylic acids is 1. The van der Waals surface area contributed by atoms with Crippen LogP contribution in [-0.4, -0.2) is 39.8 Å². The van der Waals surface area contributed by atoms with Crippen LogP contribution in [0.25, 0.3) is 10.9 Å². The van der Waals surface area contributed by atoms with Crippen molar-refractivity contribution in [1.29, 1.82) is 0 Å². The van der Waals surface area contributed by atoms with Gasteiger partial charge in [0.2, 0.25) is 0 Å². The van der Waals surface area contributed by atoms with Gasteiger partial charge < -0.3 is 14.4 Å². The standard InChI is InChI=1S/C18H24N2O3/c1-11(2)23-6-5-20-9-13-7-15-16(8-14(13)10-20)19(4)12(3)17(15)18(21)22/h7-8,11H,5-6,9-10H2,1-4H3,(H,21,22). The summed E-state index contributed by atoms with van der Waals surface area (Å²) in [4.78, 5) is 13.9. The molecule has 1 aliphatic rings. The lowest BCUT2D eigenvalue weighted by molar-refractivity contribution is 0.0584. The molecular formula is C18H24N2O3. The molecule has 0 bridgehead atoms. The fraction of sp³-hybridized carbons (Fsp3) is 0.500. The zero-order valence-electron chi connectivity index (χ0n) is 14.2. The number of fused-ring (bicyclic) bond motifs is 2. The van der Waals surface area contributed by atoms with Gasteiger partial charge in [-0.3, -0.25) is 4.90 Å². The molecule has 124 valence electrons. The highest BCUT2D eigenvalue weighted by molar-refractivity contribution is 6.05. The minimum absolute atomic E-state index is 0.253. The van der Waals surface area contributed by atoms with Crippen LogP contribution in [0, 0.1) is 6.92 Å². The number of ether oxygens (including phenoxy) is 1. The predicted octanol–water partition coefficient (Wildman–Crippen LogP) is 2.93. The molecule has 1 aliphatic heterocycles. The summed E-state index contributed by atoms with van der Waals surface area (Å²) < 4.78 is 7.60. The zero-order chi connectivity index (χ0) is 16.7. The number of carbonyl (C=O) groups is 1. The van der Waals surface area contributed by atoms with Crippen molar-refractivity contribution in [2.45, 2.75) is 40.0 Å². The molecule has 3 rings (SSSR count). The Morgan fingerprint density at radius 3 is 2.57 bits per heavy atom. The predicted molar refractivity (Wildman–Crippen MR) is 89.8 cm³/mol. The second-order valence-corrected chi connectivity index (χ2v) is 6.59. The Labute approximate surface area is 136 Å². The van der Waals surface area contributed by atoms with Crippen LogP contribution in [0.5, 0.6) is 0 Å². The fourth-order valence-electron chi connectivity index (χ4n) is 3.38. The molecule has 0 spiro atoms. The van der Waals surface area contributed by atoms with Crippen molar-refractivity contribution in [3.8, 4) is 0 Å². The van der Waals surface area contributed by atoms with Gasteiger partial charge in [-0.15, -0.1) is 0 Å². The van der Waals surface area contributed by atoms with Crippen molar-refractivity contribution in [3.63, 3.8) is 0 Å². The van der Waals surface area contributed by atoms with Crippen LogP contribution in [0.3, 0.4) is 0 Å². The Kier molecular flexibility index (Phi) is 4.17. The number of carboxylic acid groups (broad SMARTS) is 1. The Balaban J connectivity index is 1.88. The van der Waals surface area contributed by atoms with E-state index < -0.39 is 5.97 Å². The number of hydrogen-bond donors (Lipinski definition) is 1. The number of aryl methyl sites for hydroxylation is 1. The smallest absolute Gasteiger partial charge is 0.338 e. The maximum atomic E-state index is 11.6. The van der Waals surface area contributed by atoms with E-state index in [1.165, 1.54) is 11.1 Å². The highest BCUT2D eigenvalue weighted by atomic mass is 16.5. The van der Waals surface area contributed by atoms with Crippen molar-refractivity contribution < 1.29 is 14.6 Å². The van der Waals surface area contributed by atoms with Crippen LogP contribution in [0.2, 0.25) is 0 Å². The van der Waals surface area contributed by atoms with Crippen LogP contribution >= 0.6 is 0 Å². The van der Waals surface area contributed by atoms with E-state index in [-0.39, 0.29) is 6.10 Å². The Hall–Kier alpha value is -1.85. The maximum Gasteiger partial charge on any atom is 0.338 e. The molecule has 0 radical (unpaired) electrons. The van der Waals surface area contributed by atoms with Crippen LogP contribution in [0.4, 0.5) is 0 Å². The molecule has 23 heavy (non-hydrogen) atoms. The molecular weight excluding hydrogens is 292 g/mol. The number of nitrogens with zero attached hydrogens (tertiary/aromatic N) is 2. The Morgan fingerprint density at radius 2 is 1.96 bits per heavy atom. The second-order valence-electron chi connectivity index (χ2n) is 6.59. The molecule has 1 aromatic carbocycles. The molecule has 2 aromatic rings. The van der Waals surface area contributed by atoms with Crippen LogP contribution in [0.15, 0.2) is 12.1 Å². The quantitative estimate of drug-likeness (QED) is 0.921. The van der Waals surface area contributed by atoms with Crippen molar-refractivity contribution in [1.82, 2.24) is 9.47 Å². The zero-order valence-corrected chi connectivity index (χ0v) is 14.2. The molecule has 0 aliphatic carbocycles. The normalized spacial score (nSPS) is 14.8. The molecule has 5 nitrogen and oxygen atoms in total. The molecule has 5 heteroatoms. The topological polar surface area (TPSA) is 54.7 Å². The number of hydrogen-bond acceptors (Lipinski definition) is 3. The summed E-state index contributed by atoms with van der Waals surface area (Å²) in [7, 11) is 1.93. The first-order valence-corrected chi connectivity index (χ1v) is 8.06. The van der Waals surface area contributed by atoms with Crippen molar-refractivity contribution in [2.75, 3.05) is 13.2 Å². The molecule has 0 saturated heterocycles. The minimum Gasteiger partial charge on any atom is -0.478 e.